The molecule has 1 aromatic rings. The van der Waals surface area contributed by atoms with Crippen LogP contribution in [0, 0.1) is 0 Å². The molecule has 0 aliphatic carbocycles. The maximum atomic E-state index is 13.6. The number of ether oxygens (including phenoxy) is 1. The first kappa shape index (κ1) is 22.4. The number of halogens is 1. The fourth-order valence-electron chi connectivity index (χ4n) is 4.02. The highest BCUT2D eigenvalue weighted by Crippen LogP contribution is 2.36. The summed E-state index contributed by atoms with van der Waals surface area (Å²) in [5, 5.41) is 0.609. The molecule has 1 spiro atoms. The molecule has 164 valence electrons. The van der Waals surface area contributed by atoms with Gasteiger partial charge in [-0.05, 0) is 58.7 Å². The summed E-state index contributed by atoms with van der Waals surface area (Å²) in [6, 6.07) is 7.13. The molecule has 30 heavy (non-hydrogen) atoms. The third-order valence-corrected chi connectivity index (χ3v) is 5.81. The lowest BCUT2D eigenvalue weighted by atomic mass is 9.89. The summed E-state index contributed by atoms with van der Waals surface area (Å²) in [6.45, 7) is 10.0. The fraction of sp³-hybridized carbons (Fsp3) is 0.591. The first-order chi connectivity index (χ1) is 13.9. The Hall–Kier alpha value is -2.28. The molecule has 0 N–H and O–H groups in total. The van der Waals surface area contributed by atoms with Gasteiger partial charge in [-0.25, -0.2) is 4.79 Å². The predicted molar refractivity (Wildman–Crippen MR) is 114 cm³/mol. The van der Waals surface area contributed by atoms with Crippen molar-refractivity contribution >= 4 is 29.5 Å². The van der Waals surface area contributed by atoms with E-state index in [1.165, 1.54) is 4.90 Å². The van der Waals surface area contributed by atoms with Crippen LogP contribution in [-0.2, 0) is 20.9 Å². The number of carbonyl (C=O) groups is 3. The number of likely N-dealkylation sites (tertiary alicyclic amines) is 1. The van der Waals surface area contributed by atoms with Crippen LogP contribution in [0.15, 0.2) is 24.3 Å². The van der Waals surface area contributed by atoms with E-state index in [1.54, 1.807) is 42.7 Å². The molecule has 0 radical (unpaired) electrons. The summed E-state index contributed by atoms with van der Waals surface area (Å²) in [5.74, 6) is -0.235. The predicted octanol–water partition coefficient (Wildman–Crippen LogP) is 3.30. The van der Waals surface area contributed by atoms with Crippen molar-refractivity contribution in [3.05, 3.63) is 34.9 Å². The lowest BCUT2D eigenvalue weighted by Crippen LogP contribution is -2.69. The van der Waals surface area contributed by atoms with E-state index in [0.29, 0.717) is 18.0 Å². The first-order valence-corrected chi connectivity index (χ1v) is 10.6. The topological polar surface area (TPSA) is 70.2 Å². The summed E-state index contributed by atoms with van der Waals surface area (Å²) in [5.41, 5.74) is -0.837. The molecule has 2 aliphatic rings. The third kappa shape index (κ3) is 4.41. The Morgan fingerprint density at radius 2 is 1.83 bits per heavy atom. The third-order valence-electron chi connectivity index (χ3n) is 5.56. The molecule has 2 saturated heterocycles. The summed E-state index contributed by atoms with van der Waals surface area (Å²) >= 11 is 5.99. The van der Waals surface area contributed by atoms with Crippen LogP contribution in [0.3, 0.4) is 0 Å². The van der Waals surface area contributed by atoms with Gasteiger partial charge in [-0.3, -0.25) is 9.59 Å². The van der Waals surface area contributed by atoms with E-state index >= 15 is 0 Å². The van der Waals surface area contributed by atoms with Crippen molar-refractivity contribution in [1.29, 1.82) is 0 Å². The zero-order valence-electron chi connectivity index (χ0n) is 18.3. The molecule has 0 aromatic heterocycles. The summed E-state index contributed by atoms with van der Waals surface area (Å²) in [6.07, 6.45) is -0.0825. The fourth-order valence-corrected chi connectivity index (χ4v) is 4.15. The number of carbonyl (C=O) groups excluding carboxylic acids is 3. The minimum Gasteiger partial charge on any atom is -0.444 e. The number of hydrogen-bond acceptors (Lipinski definition) is 4. The van der Waals surface area contributed by atoms with Gasteiger partial charge in [0, 0.05) is 24.2 Å². The molecule has 1 unspecified atom stereocenters. The Balaban J connectivity index is 1.92. The quantitative estimate of drug-likeness (QED) is 0.730. The van der Waals surface area contributed by atoms with Crippen molar-refractivity contribution < 1.29 is 19.1 Å². The van der Waals surface area contributed by atoms with Crippen molar-refractivity contribution in [3.63, 3.8) is 0 Å². The van der Waals surface area contributed by atoms with Crippen LogP contribution in [0.25, 0.3) is 0 Å². The average molecular weight is 436 g/mol. The molecule has 1 atom stereocenters. The lowest BCUT2D eigenvalue weighted by Gasteiger charge is -2.48. The van der Waals surface area contributed by atoms with E-state index in [2.05, 4.69) is 0 Å². The van der Waals surface area contributed by atoms with Gasteiger partial charge in [0.25, 0.3) is 5.91 Å². The number of benzene rings is 1. The highest BCUT2D eigenvalue weighted by molar-refractivity contribution is 6.30. The van der Waals surface area contributed by atoms with E-state index in [9.17, 15) is 14.4 Å². The molecule has 2 heterocycles. The van der Waals surface area contributed by atoms with Gasteiger partial charge in [-0.15, -0.1) is 0 Å². The number of amides is 3. The van der Waals surface area contributed by atoms with Crippen molar-refractivity contribution in [2.24, 2.45) is 0 Å². The maximum absolute atomic E-state index is 13.6. The monoisotopic (exact) mass is 435 g/mol. The largest absolute Gasteiger partial charge is 0.444 e. The Labute approximate surface area is 182 Å². The molecule has 2 aliphatic heterocycles. The van der Waals surface area contributed by atoms with Crippen molar-refractivity contribution in [2.75, 3.05) is 19.6 Å². The normalized spacial score (nSPS) is 22.4. The minimum atomic E-state index is -1.09. The number of rotatable bonds is 3. The summed E-state index contributed by atoms with van der Waals surface area (Å²) in [7, 11) is 0. The molecule has 3 amide bonds. The van der Waals surface area contributed by atoms with Crippen LogP contribution in [0.4, 0.5) is 4.79 Å². The van der Waals surface area contributed by atoms with Crippen LogP contribution in [-0.4, -0.2) is 69.4 Å². The second kappa shape index (κ2) is 8.10. The molecule has 1 aromatic carbocycles. The Morgan fingerprint density at radius 3 is 2.40 bits per heavy atom. The van der Waals surface area contributed by atoms with Gasteiger partial charge in [0.2, 0.25) is 5.91 Å². The average Bonchev–Trinajstić information content (AvgIpc) is 3.08. The van der Waals surface area contributed by atoms with Crippen LogP contribution in [0.5, 0.6) is 0 Å². The van der Waals surface area contributed by atoms with Gasteiger partial charge in [0.1, 0.15) is 17.7 Å². The van der Waals surface area contributed by atoms with Crippen molar-refractivity contribution in [2.45, 2.75) is 64.8 Å². The van der Waals surface area contributed by atoms with E-state index in [4.69, 9.17) is 16.3 Å². The Kier molecular flexibility index (Phi) is 6.05. The zero-order valence-corrected chi connectivity index (χ0v) is 19.0. The molecule has 8 heteroatoms. The Bertz CT molecular complexity index is 834. The number of piperazine rings is 1. The standard InChI is InChI=1S/C22H30ClN3O4/c1-15(2)25-13-18(27)26(12-16-6-8-17(23)9-7-16)22(19(25)28)10-11-24(14-22)20(29)30-21(3,4)5/h6-9,15H,10-14H2,1-5H3. The molecular formula is C22H30ClN3O4. The zero-order chi connectivity index (χ0) is 22.3. The highest BCUT2D eigenvalue weighted by atomic mass is 35.5. The van der Waals surface area contributed by atoms with E-state index < -0.39 is 17.2 Å². The van der Waals surface area contributed by atoms with Gasteiger partial charge in [0.15, 0.2) is 0 Å². The van der Waals surface area contributed by atoms with Crippen molar-refractivity contribution in [1.82, 2.24) is 14.7 Å². The second-order valence-electron chi connectivity index (χ2n) is 9.32. The molecular weight excluding hydrogens is 406 g/mol. The Morgan fingerprint density at radius 1 is 1.20 bits per heavy atom. The van der Waals surface area contributed by atoms with Gasteiger partial charge in [-0.1, -0.05) is 23.7 Å². The van der Waals surface area contributed by atoms with Crippen LogP contribution in [0.1, 0.15) is 46.6 Å². The van der Waals surface area contributed by atoms with E-state index in [1.807, 2.05) is 26.0 Å². The number of hydrogen-bond donors (Lipinski definition) is 0. The van der Waals surface area contributed by atoms with Crippen LogP contribution < -0.4 is 0 Å². The highest BCUT2D eigenvalue weighted by Gasteiger charge is 2.57. The summed E-state index contributed by atoms with van der Waals surface area (Å²) < 4.78 is 5.50. The van der Waals surface area contributed by atoms with Gasteiger partial charge in [0.05, 0.1) is 6.54 Å². The first-order valence-electron chi connectivity index (χ1n) is 10.3. The minimum absolute atomic E-state index is 0.0400. The van der Waals surface area contributed by atoms with Gasteiger partial charge >= 0.3 is 6.09 Å². The maximum Gasteiger partial charge on any atom is 0.410 e. The molecule has 2 fully saturated rings. The van der Waals surface area contributed by atoms with Crippen LogP contribution >= 0.6 is 11.6 Å². The molecule has 0 bridgehead atoms. The molecule has 3 rings (SSSR count). The van der Waals surface area contributed by atoms with Gasteiger partial charge in [-0.2, -0.15) is 0 Å². The van der Waals surface area contributed by atoms with Crippen molar-refractivity contribution in [3.8, 4) is 0 Å². The SMILES string of the molecule is CC(C)N1CC(=O)N(Cc2ccc(Cl)cc2)C2(CCN(C(=O)OC(C)(C)C)C2)C1=O. The van der Waals surface area contributed by atoms with Crippen LogP contribution in [0.2, 0.25) is 5.02 Å². The number of nitrogens with zero attached hydrogens (tertiary/aromatic N) is 3. The van der Waals surface area contributed by atoms with E-state index in [0.717, 1.165) is 5.56 Å². The second-order valence-corrected chi connectivity index (χ2v) is 9.75. The van der Waals surface area contributed by atoms with E-state index in [-0.39, 0.29) is 37.5 Å². The smallest absolute Gasteiger partial charge is 0.410 e. The summed E-state index contributed by atoms with van der Waals surface area (Å²) in [4.78, 5) is 44.2. The van der Waals surface area contributed by atoms with Gasteiger partial charge < -0.3 is 19.4 Å². The molecule has 7 nitrogen and oxygen atoms in total. The lowest BCUT2D eigenvalue weighted by molar-refractivity contribution is -0.166. The molecule has 0 saturated carbocycles.